The van der Waals surface area contributed by atoms with E-state index in [2.05, 4.69) is 11.4 Å². The Kier molecular flexibility index (Phi) is 3.68. The fourth-order valence-electron chi connectivity index (χ4n) is 2.79. The molecule has 1 aliphatic carbocycles. The third kappa shape index (κ3) is 2.78. The molecule has 0 saturated heterocycles. The Morgan fingerprint density at radius 2 is 1.76 bits per heavy atom. The van der Waals surface area contributed by atoms with Crippen molar-refractivity contribution >= 4 is 27.1 Å². The molecule has 0 saturated carbocycles. The number of nitrogens with one attached hydrogen (secondary N) is 1. The lowest BCUT2D eigenvalue weighted by Gasteiger charge is -2.20. The maximum absolute atomic E-state index is 11.9. The first kappa shape index (κ1) is 14.4. The molecule has 2 atom stereocenters. The van der Waals surface area contributed by atoms with Crippen LogP contribution in [-0.2, 0) is 16.3 Å². The van der Waals surface area contributed by atoms with Gasteiger partial charge >= 0.3 is 0 Å². The van der Waals surface area contributed by atoms with Crippen molar-refractivity contribution in [3.8, 4) is 0 Å². The summed E-state index contributed by atoms with van der Waals surface area (Å²) >= 11 is 6.45. The van der Waals surface area contributed by atoms with E-state index in [-0.39, 0.29) is 11.4 Å². The fourth-order valence-corrected chi connectivity index (χ4v) is 4.01. The van der Waals surface area contributed by atoms with E-state index >= 15 is 0 Å². The van der Waals surface area contributed by atoms with Crippen LogP contribution in [0.4, 0.5) is 5.69 Å². The molecule has 2 aromatic carbocycles. The summed E-state index contributed by atoms with van der Waals surface area (Å²) in [5.74, 6) is 0. The minimum Gasteiger partial charge on any atom is -0.376 e. The van der Waals surface area contributed by atoms with E-state index in [1.54, 1.807) is 18.2 Å². The molecule has 2 aromatic rings. The second-order valence-electron chi connectivity index (χ2n) is 5.31. The number of hydrogen-bond acceptors (Lipinski definition) is 3. The first-order chi connectivity index (χ1) is 9.97. The molecule has 0 bridgehead atoms. The van der Waals surface area contributed by atoms with Gasteiger partial charge in [0.15, 0.2) is 9.84 Å². The summed E-state index contributed by atoms with van der Waals surface area (Å²) in [6, 6.07) is 14.9. The molecular weight excluding hydrogens is 306 g/mol. The Labute approximate surface area is 129 Å². The van der Waals surface area contributed by atoms with Crippen LogP contribution in [0, 0.1) is 0 Å². The smallest absolute Gasteiger partial charge is 0.177 e. The normalized spacial score (nSPS) is 21.0. The Bertz CT molecular complexity index is 773. The molecule has 3 nitrogen and oxygen atoms in total. The van der Waals surface area contributed by atoms with E-state index in [1.807, 2.05) is 24.3 Å². The van der Waals surface area contributed by atoms with Crippen LogP contribution in [0.15, 0.2) is 53.4 Å². The van der Waals surface area contributed by atoms with Crippen LogP contribution in [0.25, 0.3) is 0 Å². The third-order valence-corrected chi connectivity index (χ3v) is 5.33. The van der Waals surface area contributed by atoms with Crippen LogP contribution < -0.4 is 5.32 Å². The van der Waals surface area contributed by atoms with E-state index in [0.29, 0.717) is 10.6 Å². The molecule has 0 fully saturated rings. The van der Waals surface area contributed by atoms with Gasteiger partial charge in [0.05, 0.1) is 22.0 Å². The molecule has 2 unspecified atom stereocenters. The highest BCUT2D eigenvalue weighted by atomic mass is 35.5. The molecule has 110 valence electrons. The molecule has 3 rings (SSSR count). The van der Waals surface area contributed by atoms with Crippen molar-refractivity contribution in [2.75, 3.05) is 11.6 Å². The largest absolute Gasteiger partial charge is 0.376 e. The predicted octanol–water partition coefficient (Wildman–Crippen LogP) is 3.41. The zero-order valence-electron chi connectivity index (χ0n) is 11.6. The molecule has 0 heterocycles. The molecule has 1 aliphatic rings. The van der Waals surface area contributed by atoms with Crippen molar-refractivity contribution < 1.29 is 8.42 Å². The Morgan fingerprint density at radius 1 is 1.10 bits per heavy atom. The fraction of sp³-hybridized carbons (Fsp3) is 0.250. The van der Waals surface area contributed by atoms with Crippen LogP contribution in [-0.4, -0.2) is 20.1 Å². The second-order valence-corrected chi connectivity index (χ2v) is 7.85. The topological polar surface area (TPSA) is 46.2 Å². The Balaban J connectivity index is 1.99. The highest BCUT2D eigenvalue weighted by Gasteiger charge is 2.31. The number of para-hydroxylation sites is 1. The lowest BCUT2D eigenvalue weighted by atomic mass is 10.1. The summed E-state index contributed by atoms with van der Waals surface area (Å²) in [6.07, 6.45) is 2.00. The average Bonchev–Trinajstić information content (AvgIpc) is 2.75. The molecular formula is C16H16ClNO2S. The number of anilines is 1. The molecule has 0 aromatic heterocycles. The summed E-state index contributed by atoms with van der Waals surface area (Å²) in [5, 5.41) is 3.22. The number of rotatable bonds is 3. The monoisotopic (exact) mass is 321 g/mol. The van der Waals surface area contributed by atoms with Crippen LogP contribution in [0.5, 0.6) is 0 Å². The van der Waals surface area contributed by atoms with Gasteiger partial charge < -0.3 is 5.32 Å². The zero-order chi connectivity index (χ0) is 15.0. The van der Waals surface area contributed by atoms with Crippen molar-refractivity contribution in [2.24, 2.45) is 0 Å². The number of benzene rings is 2. The highest BCUT2D eigenvalue weighted by molar-refractivity contribution is 7.90. The molecule has 21 heavy (non-hydrogen) atoms. The van der Waals surface area contributed by atoms with Crippen LogP contribution in [0.1, 0.15) is 17.2 Å². The van der Waals surface area contributed by atoms with Crippen molar-refractivity contribution in [2.45, 2.75) is 22.7 Å². The summed E-state index contributed by atoms with van der Waals surface area (Å²) < 4.78 is 23.8. The van der Waals surface area contributed by atoms with Gasteiger partial charge in [-0.15, -0.1) is 11.6 Å². The standard InChI is InChI=1S/C16H16ClNO2S/c1-21(19,20)15-9-5-4-8-14(15)18-16-12-7-3-2-6-11(12)10-13(16)17/h2-9,13,16,18H,10H2,1H3. The van der Waals surface area contributed by atoms with Crippen LogP contribution in [0.2, 0.25) is 0 Å². The van der Waals surface area contributed by atoms with E-state index < -0.39 is 9.84 Å². The lowest BCUT2D eigenvalue weighted by Crippen LogP contribution is -2.18. The predicted molar refractivity (Wildman–Crippen MR) is 85.7 cm³/mol. The van der Waals surface area contributed by atoms with Gasteiger partial charge in [-0.3, -0.25) is 0 Å². The Morgan fingerprint density at radius 3 is 2.52 bits per heavy atom. The van der Waals surface area contributed by atoms with E-state index in [1.165, 1.54) is 11.8 Å². The number of fused-ring (bicyclic) bond motifs is 1. The quantitative estimate of drug-likeness (QED) is 0.881. The maximum atomic E-state index is 11.9. The van der Waals surface area contributed by atoms with Gasteiger partial charge in [0.1, 0.15) is 0 Å². The van der Waals surface area contributed by atoms with Crippen LogP contribution in [0.3, 0.4) is 0 Å². The summed E-state index contributed by atoms with van der Waals surface area (Å²) in [7, 11) is -3.28. The molecule has 0 amide bonds. The van der Waals surface area contributed by atoms with Crippen molar-refractivity contribution in [3.63, 3.8) is 0 Å². The third-order valence-electron chi connectivity index (χ3n) is 3.76. The van der Waals surface area contributed by atoms with E-state index in [4.69, 9.17) is 11.6 Å². The number of alkyl halides is 1. The van der Waals surface area contributed by atoms with E-state index in [9.17, 15) is 8.42 Å². The van der Waals surface area contributed by atoms with Crippen molar-refractivity contribution in [3.05, 3.63) is 59.7 Å². The second kappa shape index (κ2) is 5.35. The Hall–Kier alpha value is -1.52. The SMILES string of the molecule is CS(=O)(=O)c1ccccc1NC1c2ccccc2CC1Cl. The molecule has 0 aliphatic heterocycles. The van der Waals surface area contributed by atoms with Gasteiger partial charge in [-0.05, 0) is 29.7 Å². The zero-order valence-corrected chi connectivity index (χ0v) is 13.2. The van der Waals surface area contributed by atoms with E-state index in [0.717, 1.165) is 12.0 Å². The summed E-state index contributed by atoms with van der Waals surface area (Å²) in [4.78, 5) is 0.304. The van der Waals surface area contributed by atoms with Gasteiger partial charge in [-0.2, -0.15) is 0 Å². The van der Waals surface area contributed by atoms with Crippen LogP contribution >= 0.6 is 11.6 Å². The molecule has 0 spiro atoms. The van der Waals surface area contributed by atoms with Crippen molar-refractivity contribution in [1.29, 1.82) is 0 Å². The first-order valence-electron chi connectivity index (χ1n) is 6.74. The van der Waals surface area contributed by atoms with Crippen molar-refractivity contribution in [1.82, 2.24) is 0 Å². The lowest BCUT2D eigenvalue weighted by molar-refractivity contribution is 0.602. The van der Waals surface area contributed by atoms with Gasteiger partial charge in [-0.25, -0.2) is 8.42 Å². The molecule has 0 radical (unpaired) electrons. The average molecular weight is 322 g/mol. The minimum atomic E-state index is -3.28. The maximum Gasteiger partial charge on any atom is 0.177 e. The molecule has 5 heteroatoms. The van der Waals surface area contributed by atoms with Gasteiger partial charge in [0, 0.05) is 6.26 Å². The number of halogens is 1. The van der Waals surface area contributed by atoms with Gasteiger partial charge in [0.25, 0.3) is 0 Å². The molecule has 1 N–H and O–H groups in total. The summed E-state index contributed by atoms with van der Waals surface area (Å²) in [6.45, 7) is 0. The number of hydrogen-bond donors (Lipinski definition) is 1. The minimum absolute atomic E-state index is 0.0780. The first-order valence-corrected chi connectivity index (χ1v) is 9.07. The van der Waals surface area contributed by atoms with Gasteiger partial charge in [-0.1, -0.05) is 36.4 Å². The van der Waals surface area contributed by atoms with Gasteiger partial charge in [0.2, 0.25) is 0 Å². The number of sulfone groups is 1. The summed E-state index contributed by atoms with van der Waals surface area (Å²) in [5.41, 5.74) is 2.96. The highest BCUT2D eigenvalue weighted by Crippen LogP contribution is 2.38.